The van der Waals surface area contributed by atoms with E-state index in [1.165, 1.54) is 0 Å². The van der Waals surface area contributed by atoms with Gasteiger partial charge in [-0.05, 0) is 43.1 Å². The first-order valence-corrected chi connectivity index (χ1v) is 7.75. The van der Waals surface area contributed by atoms with Gasteiger partial charge < -0.3 is 15.0 Å². The average Bonchev–Trinajstić information content (AvgIpc) is 2.87. The van der Waals surface area contributed by atoms with Crippen LogP contribution in [0.4, 0.5) is 0 Å². The van der Waals surface area contributed by atoms with Gasteiger partial charge in [0.15, 0.2) is 6.61 Å². The summed E-state index contributed by atoms with van der Waals surface area (Å²) in [4.78, 5) is 4.31. The topological polar surface area (TPSA) is 74.2 Å². The molecule has 0 bridgehead atoms. The number of aromatic nitrogens is 2. The summed E-state index contributed by atoms with van der Waals surface area (Å²) in [6, 6.07) is 4.05. The second kappa shape index (κ2) is 7.04. The number of hydrogen-bond acceptors (Lipinski definition) is 5. The molecule has 0 amide bonds. The SMILES string of the molecule is Cc1cc(Br)cc(CCN)c1OCc1noc(C(C)C)n1. The van der Waals surface area contributed by atoms with Gasteiger partial charge in [-0.1, -0.05) is 34.9 Å². The van der Waals surface area contributed by atoms with E-state index in [1.54, 1.807) is 0 Å². The van der Waals surface area contributed by atoms with Crippen LogP contribution < -0.4 is 10.5 Å². The molecule has 0 fully saturated rings. The summed E-state index contributed by atoms with van der Waals surface area (Å²) in [6.45, 7) is 6.89. The largest absolute Gasteiger partial charge is 0.485 e. The molecule has 0 aliphatic rings. The third-order valence-electron chi connectivity index (χ3n) is 3.05. The molecule has 0 radical (unpaired) electrons. The second-order valence-corrected chi connectivity index (χ2v) is 6.16. The van der Waals surface area contributed by atoms with Gasteiger partial charge in [-0.15, -0.1) is 0 Å². The molecule has 1 heterocycles. The van der Waals surface area contributed by atoms with Crippen molar-refractivity contribution in [3.63, 3.8) is 0 Å². The fraction of sp³-hybridized carbons (Fsp3) is 0.467. The highest BCUT2D eigenvalue weighted by molar-refractivity contribution is 9.10. The smallest absolute Gasteiger partial charge is 0.229 e. The van der Waals surface area contributed by atoms with Crippen LogP contribution >= 0.6 is 15.9 Å². The lowest BCUT2D eigenvalue weighted by Crippen LogP contribution is -2.07. The van der Waals surface area contributed by atoms with Crippen LogP contribution in [0.5, 0.6) is 5.75 Å². The molecule has 114 valence electrons. The van der Waals surface area contributed by atoms with Crippen molar-refractivity contribution in [2.75, 3.05) is 6.54 Å². The Bertz CT molecular complexity index is 611. The third kappa shape index (κ3) is 4.04. The maximum Gasteiger partial charge on any atom is 0.229 e. The number of hydrogen-bond donors (Lipinski definition) is 1. The highest BCUT2D eigenvalue weighted by atomic mass is 79.9. The molecule has 6 heteroatoms. The van der Waals surface area contributed by atoms with Crippen molar-refractivity contribution >= 4 is 15.9 Å². The van der Waals surface area contributed by atoms with Gasteiger partial charge >= 0.3 is 0 Å². The zero-order chi connectivity index (χ0) is 15.4. The number of benzene rings is 1. The minimum atomic E-state index is 0.216. The summed E-state index contributed by atoms with van der Waals surface area (Å²) in [5, 5.41) is 3.93. The Kier molecular flexibility index (Phi) is 5.36. The van der Waals surface area contributed by atoms with Gasteiger partial charge in [-0.25, -0.2) is 0 Å². The highest BCUT2D eigenvalue weighted by Gasteiger charge is 2.13. The molecule has 2 rings (SSSR count). The minimum absolute atomic E-state index is 0.216. The van der Waals surface area contributed by atoms with Crippen LogP contribution in [0.1, 0.15) is 42.6 Å². The summed E-state index contributed by atoms with van der Waals surface area (Å²) in [7, 11) is 0. The van der Waals surface area contributed by atoms with Gasteiger partial charge in [0.25, 0.3) is 0 Å². The quantitative estimate of drug-likeness (QED) is 0.861. The van der Waals surface area contributed by atoms with Crippen LogP contribution in [0.25, 0.3) is 0 Å². The maximum absolute atomic E-state index is 5.89. The van der Waals surface area contributed by atoms with Crippen molar-refractivity contribution in [3.05, 3.63) is 39.4 Å². The fourth-order valence-electron chi connectivity index (χ4n) is 2.04. The van der Waals surface area contributed by atoms with Crippen molar-refractivity contribution < 1.29 is 9.26 Å². The Morgan fingerprint density at radius 1 is 1.38 bits per heavy atom. The number of nitrogens with zero attached hydrogens (tertiary/aromatic N) is 2. The summed E-state index contributed by atoms with van der Waals surface area (Å²) < 4.78 is 12.1. The Balaban J connectivity index is 2.14. The standard InChI is InChI=1S/C15H20BrN3O2/c1-9(2)15-18-13(19-21-15)8-20-14-10(3)6-12(16)7-11(14)4-5-17/h6-7,9H,4-5,8,17H2,1-3H3. The Labute approximate surface area is 133 Å². The summed E-state index contributed by atoms with van der Waals surface area (Å²) in [5.41, 5.74) is 7.80. The molecule has 21 heavy (non-hydrogen) atoms. The first-order chi connectivity index (χ1) is 10.0. The molecule has 0 saturated heterocycles. The lowest BCUT2D eigenvalue weighted by molar-refractivity contribution is 0.280. The average molecular weight is 354 g/mol. The van der Waals surface area contributed by atoms with E-state index in [0.717, 1.165) is 27.8 Å². The molecule has 1 aromatic carbocycles. The molecule has 2 N–H and O–H groups in total. The van der Waals surface area contributed by atoms with E-state index in [2.05, 4.69) is 26.1 Å². The van der Waals surface area contributed by atoms with Crippen molar-refractivity contribution in [1.82, 2.24) is 10.1 Å². The highest BCUT2D eigenvalue weighted by Crippen LogP contribution is 2.29. The second-order valence-electron chi connectivity index (χ2n) is 5.24. The van der Waals surface area contributed by atoms with E-state index in [4.69, 9.17) is 15.0 Å². The van der Waals surface area contributed by atoms with Crippen LogP contribution in [-0.4, -0.2) is 16.7 Å². The van der Waals surface area contributed by atoms with E-state index < -0.39 is 0 Å². The van der Waals surface area contributed by atoms with Crippen LogP contribution in [0.3, 0.4) is 0 Å². The normalized spacial score (nSPS) is 11.1. The molecule has 2 aromatic rings. The van der Waals surface area contributed by atoms with Crippen LogP contribution in [-0.2, 0) is 13.0 Å². The van der Waals surface area contributed by atoms with Crippen LogP contribution in [0.15, 0.2) is 21.1 Å². The van der Waals surface area contributed by atoms with E-state index in [-0.39, 0.29) is 12.5 Å². The molecule has 1 aromatic heterocycles. The molecular formula is C15H20BrN3O2. The third-order valence-corrected chi connectivity index (χ3v) is 3.51. The lowest BCUT2D eigenvalue weighted by Gasteiger charge is -2.13. The van der Waals surface area contributed by atoms with Crippen LogP contribution in [0, 0.1) is 6.92 Å². The fourth-order valence-corrected chi connectivity index (χ4v) is 2.66. The molecule has 5 nitrogen and oxygen atoms in total. The van der Waals surface area contributed by atoms with E-state index in [9.17, 15) is 0 Å². The number of rotatable bonds is 6. The monoisotopic (exact) mass is 353 g/mol. The Hall–Kier alpha value is -1.40. The number of aryl methyl sites for hydroxylation is 1. The van der Waals surface area contributed by atoms with Crippen LogP contribution in [0.2, 0.25) is 0 Å². The van der Waals surface area contributed by atoms with Gasteiger partial charge in [0, 0.05) is 10.4 Å². The zero-order valence-electron chi connectivity index (χ0n) is 12.5. The van der Waals surface area contributed by atoms with E-state index >= 15 is 0 Å². The molecule has 0 aliphatic heterocycles. The van der Waals surface area contributed by atoms with Gasteiger partial charge in [0.05, 0.1) is 0 Å². The zero-order valence-corrected chi connectivity index (χ0v) is 14.1. The first-order valence-electron chi connectivity index (χ1n) is 6.95. The Morgan fingerprint density at radius 3 is 2.76 bits per heavy atom. The van der Waals surface area contributed by atoms with Gasteiger partial charge in [0.2, 0.25) is 11.7 Å². The van der Waals surface area contributed by atoms with Crippen molar-refractivity contribution in [2.45, 2.75) is 39.7 Å². The predicted octanol–water partition coefficient (Wildman–Crippen LogP) is 3.34. The van der Waals surface area contributed by atoms with E-state index in [0.29, 0.717) is 18.3 Å². The van der Waals surface area contributed by atoms with E-state index in [1.807, 2.05) is 32.9 Å². The van der Waals surface area contributed by atoms with Crippen molar-refractivity contribution in [3.8, 4) is 5.75 Å². The summed E-state index contributed by atoms with van der Waals surface area (Å²) in [6.07, 6.45) is 0.763. The van der Waals surface area contributed by atoms with Gasteiger partial charge in [-0.2, -0.15) is 4.98 Å². The molecule has 0 spiro atoms. The van der Waals surface area contributed by atoms with Crippen molar-refractivity contribution in [1.29, 1.82) is 0 Å². The number of halogens is 1. The first kappa shape index (κ1) is 16.0. The van der Waals surface area contributed by atoms with Crippen molar-refractivity contribution in [2.24, 2.45) is 5.73 Å². The molecule has 0 unspecified atom stereocenters. The molecule has 0 aliphatic carbocycles. The maximum atomic E-state index is 5.89. The van der Waals surface area contributed by atoms with Gasteiger partial charge in [-0.3, -0.25) is 0 Å². The lowest BCUT2D eigenvalue weighted by atomic mass is 10.1. The minimum Gasteiger partial charge on any atom is -0.485 e. The molecular weight excluding hydrogens is 334 g/mol. The molecule has 0 saturated carbocycles. The predicted molar refractivity (Wildman–Crippen MR) is 84.4 cm³/mol. The number of ether oxygens (including phenoxy) is 1. The van der Waals surface area contributed by atoms with Gasteiger partial charge in [0.1, 0.15) is 5.75 Å². The molecule has 0 atom stereocenters. The Morgan fingerprint density at radius 2 is 2.14 bits per heavy atom. The summed E-state index contributed by atoms with van der Waals surface area (Å²) >= 11 is 3.50. The number of nitrogens with two attached hydrogens (primary N) is 1. The summed E-state index contributed by atoms with van der Waals surface area (Å²) in [5.74, 6) is 2.25.